The van der Waals surface area contributed by atoms with E-state index in [1.807, 2.05) is 24.3 Å². The normalized spacial score (nSPS) is 10.4. The minimum atomic E-state index is -0.0710. The van der Waals surface area contributed by atoms with Gasteiger partial charge in [0.1, 0.15) is 17.1 Å². The van der Waals surface area contributed by atoms with Crippen LogP contribution < -0.4 is 10.2 Å². The van der Waals surface area contributed by atoms with Crippen LogP contribution in [0.1, 0.15) is 16.9 Å². The molecule has 0 aliphatic rings. The molecule has 0 spiro atoms. The van der Waals surface area contributed by atoms with Crippen molar-refractivity contribution in [3.63, 3.8) is 0 Å². The van der Waals surface area contributed by atoms with E-state index in [0.717, 1.165) is 16.9 Å². The Hall–Kier alpha value is -3.06. The number of fused-ring (bicyclic) bond motifs is 1. The number of ether oxygens (including phenoxy) is 1. The van der Waals surface area contributed by atoms with Crippen LogP contribution in [0.4, 0.5) is 0 Å². The topological polar surface area (TPSA) is 63.2 Å². The Kier molecular flexibility index (Phi) is 4.11. The molecule has 0 amide bonds. The van der Waals surface area contributed by atoms with Crippen molar-refractivity contribution < 1.29 is 9.15 Å². The molecule has 0 aliphatic heterocycles. The molecular formula is C19H15NO3. The van der Waals surface area contributed by atoms with Gasteiger partial charge < -0.3 is 9.15 Å². The maximum atomic E-state index is 12.2. The summed E-state index contributed by atoms with van der Waals surface area (Å²) in [6, 6.07) is 16.5. The van der Waals surface area contributed by atoms with Crippen LogP contribution in [0.2, 0.25) is 0 Å². The number of nitriles is 1. The number of methoxy groups -OCH3 is 1. The number of hydrogen-bond acceptors (Lipinski definition) is 4. The first-order valence-electron chi connectivity index (χ1n) is 7.25. The van der Waals surface area contributed by atoms with E-state index in [9.17, 15) is 4.79 Å². The Morgan fingerprint density at radius 2 is 1.83 bits per heavy atom. The molecule has 23 heavy (non-hydrogen) atoms. The smallest absolute Gasteiger partial charge is 0.192 e. The number of rotatable bonds is 4. The van der Waals surface area contributed by atoms with E-state index in [4.69, 9.17) is 14.4 Å². The molecule has 0 unspecified atom stereocenters. The molecule has 0 saturated carbocycles. The lowest BCUT2D eigenvalue weighted by molar-refractivity contribution is 0.414. The Morgan fingerprint density at radius 1 is 1.09 bits per heavy atom. The zero-order valence-corrected chi connectivity index (χ0v) is 12.7. The lowest BCUT2D eigenvalue weighted by atomic mass is 10.1. The van der Waals surface area contributed by atoms with Gasteiger partial charge in [-0.05, 0) is 35.4 Å². The first-order valence-corrected chi connectivity index (χ1v) is 7.25. The Bertz CT molecular complexity index is 933. The first-order chi connectivity index (χ1) is 11.2. The molecule has 0 atom stereocenters. The van der Waals surface area contributed by atoms with Gasteiger partial charge in [-0.15, -0.1) is 0 Å². The third kappa shape index (κ3) is 3.24. The molecule has 1 aromatic heterocycles. The van der Waals surface area contributed by atoms with E-state index in [-0.39, 0.29) is 5.43 Å². The summed E-state index contributed by atoms with van der Waals surface area (Å²) in [5, 5.41) is 9.32. The summed E-state index contributed by atoms with van der Waals surface area (Å²) in [4.78, 5) is 12.2. The van der Waals surface area contributed by atoms with Crippen molar-refractivity contribution in [2.45, 2.75) is 12.8 Å². The van der Waals surface area contributed by atoms with E-state index in [1.165, 1.54) is 6.07 Å². The molecule has 4 heteroatoms. The van der Waals surface area contributed by atoms with Crippen molar-refractivity contribution in [1.82, 2.24) is 0 Å². The molecule has 0 N–H and O–H groups in total. The molecular weight excluding hydrogens is 290 g/mol. The van der Waals surface area contributed by atoms with Gasteiger partial charge in [-0.1, -0.05) is 18.2 Å². The van der Waals surface area contributed by atoms with E-state index in [1.54, 1.807) is 25.3 Å². The van der Waals surface area contributed by atoms with Crippen LogP contribution in [0.3, 0.4) is 0 Å². The maximum Gasteiger partial charge on any atom is 0.192 e. The lowest BCUT2D eigenvalue weighted by Gasteiger charge is -2.05. The van der Waals surface area contributed by atoms with Crippen LogP contribution in [0, 0.1) is 11.3 Å². The molecule has 2 aromatic carbocycles. The van der Waals surface area contributed by atoms with Gasteiger partial charge in [-0.3, -0.25) is 4.79 Å². The average molecular weight is 305 g/mol. The van der Waals surface area contributed by atoms with Gasteiger partial charge in [0.15, 0.2) is 5.43 Å². The van der Waals surface area contributed by atoms with Gasteiger partial charge in [-0.2, -0.15) is 5.26 Å². The van der Waals surface area contributed by atoms with Crippen LogP contribution >= 0.6 is 0 Å². The highest BCUT2D eigenvalue weighted by Crippen LogP contribution is 2.18. The summed E-state index contributed by atoms with van der Waals surface area (Å²) < 4.78 is 11.0. The lowest BCUT2D eigenvalue weighted by Crippen LogP contribution is -2.03. The van der Waals surface area contributed by atoms with Gasteiger partial charge >= 0.3 is 0 Å². The third-order valence-corrected chi connectivity index (χ3v) is 3.67. The zero-order valence-electron chi connectivity index (χ0n) is 12.7. The fourth-order valence-corrected chi connectivity index (χ4v) is 2.48. The molecule has 0 bridgehead atoms. The summed E-state index contributed by atoms with van der Waals surface area (Å²) in [6.07, 6.45) is 0.819. The second-order valence-corrected chi connectivity index (χ2v) is 5.27. The second kappa shape index (κ2) is 6.37. The molecule has 3 aromatic rings. The molecule has 0 aliphatic carbocycles. The summed E-state index contributed by atoms with van der Waals surface area (Å²) in [5.41, 5.74) is 2.32. The van der Waals surface area contributed by atoms with Crippen molar-refractivity contribution >= 4 is 11.0 Å². The van der Waals surface area contributed by atoms with Crippen LogP contribution in [0.25, 0.3) is 11.0 Å². The summed E-state index contributed by atoms with van der Waals surface area (Å²) >= 11 is 0. The highest BCUT2D eigenvalue weighted by atomic mass is 16.5. The zero-order chi connectivity index (χ0) is 16.2. The van der Waals surface area contributed by atoms with Crippen LogP contribution in [0.15, 0.2) is 57.7 Å². The Balaban J connectivity index is 1.97. The summed E-state index contributed by atoms with van der Waals surface area (Å²) in [5.74, 6) is 1.39. The van der Waals surface area contributed by atoms with Crippen molar-refractivity contribution in [2.75, 3.05) is 7.11 Å². The van der Waals surface area contributed by atoms with Crippen molar-refractivity contribution in [3.8, 4) is 11.8 Å². The Morgan fingerprint density at radius 3 is 2.52 bits per heavy atom. The van der Waals surface area contributed by atoms with Gasteiger partial charge in [0.05, 0.1) is 25.0 Å². The van der Waals surface area contributed by atoms with E-state index in [2.05, 4.69) is 6.07 Å². The molecule has 0 fully saturated rings. The number of nitrogens with zero attached hydrogens (tertiary/aromatic N) is 1. The minimum Gasteiger partial charge on any atom is -0.497 e. The Labute approximate surface area is 133 Å². The molecule has 0 radical (unpaired) electrons. The predicted octanol–water partition coefficient (Wildman–Crippen LogP) is 3.46. The largest absolute Gasteiger partial charge is 0.497 e. The molecule has 1 heterocycles. The third-order valence-electron chi connectivity index (χ3n) is 3.67. The van der Waals surface area contributed by atoms with Crippen molar-refractivity contribution in [1.29, 1.82) is 5.26 Å². The van der Waals surface area contributed by atoms with Gasteiger partial charge in [0.25, 0.3) is 0 Å². The predicted molar refractivity (Wildman–Crippen MR) is 87.6 cm³/mol. The SMILES string of the molecule is COc1ccc(Cc2cc(=O)c3ccc(CC#N)cc3o2)cc1. The molecule has 0 saturated heterocycles. The first kappa shape index (κ1) is 14.9. The van der Waals surface area contributed by atoms with Crippen LogP contribution in [-0.2, 0) is 12.8 Å². The number of hydrogen-bond donors (Lipinski definition) is 0. The fourth-order valence-electron chi connectivity index (χ4n) is 2.48. The molecule has 3 rings (SSSR count). The standard InChI is InChI=1S/C19H15NO3/c1-22-15-5-2-13(3-6-15)10-16-12-18(21)17-7-4-14(8-9-20)11-19(17)23-16/h2-7,11-12H,8,10H2,1H3. The van der Waals surface area contributed by atoms with Gasteiger partial charge in [-0.25, -0.2) is 0 Å². The van der Waals surface area contributed by atoms with Crippen molar-refractivity contribution in [3.05, 3.63) is 75.6 Å². The maximum absolute atomic E-state index is 12.2. The molecule has 114 valence electrons. The monoisotopic (exact) mass is 305 g/mol. The highest BCUT2D eigenvalue weighted by molar-refractivity contribution is 5.77. The van der Waals surface area contributed by atoms with E-state index >= 15 is 0 Å². The minimum absolute atomic E-state index is 0.0710. The van der Waals surface area contributed by atoms with Gasteiger partial charge in [0, 0.05) is 12.5 Å². The number of benzene rings is 2. The quantitative estimate of drug-likeness (QED) is 0.740. The van der Waals surface area contributed by atoms with E-state index in [0.29, 0.717) is 29.6 Å². The highest BCUT2D eigenvalue weighted by Gasteiger charge is 2.07. The molecule has 4 nitrogen and oxygen atoms in total. The fraction of sp³-hybridized carbons (Fsp3) is 0.158. The van der Waals surface area contributed by atoms with Gasteiger partial charge in [0.2, 0.25) is 0 Å². The van der Waals surface area contributed by atoms with Crippen molar-refractivity contribution in [2.24, 2.45) is 0 Å². The van der Waals surface area contributed by atoms with Crippen LogP contribution in [-0.4, -0.2) is 7.11 Å². The summed E-state index contributed by atoms with van der Waals surface area (Å²) in [7, 11) is 1.62. The average Bonchev–Trinajstić information content (AvgIpc) is 2.55. The second-order valence-electron chi connectivity index (χ2n) is 5.27. The van der Waals surface area contributed by atoms with E-state index < -0.39 is 0 Å². The van der Waals surface area contributed by atoms with Crippen LogP contribution in [0.5, 0.6) is 5.75 Å². The summed E-state index contributed by atoms with van der Waals surface area (Å²) in [6.45, 7) is 0.